The van der Waals surface area contributed by atoms with Crippen LogP contribution >= 0.6 is 23.2 Å². The highest BCUT2D eigenvalue weighted by atomic mass is 35.5. The van der Waals surface area contributed by atoms with Crippen LogP contribution < -0.4 is 31.9 Å². The van der Waals surface area contributed by atoms with Crippen LogP contribution in [0.25, 0.3) is 0 Å². The van der Waals surface area contributed by atoms with E-state index in [-0.39, 0.29) is 64.5 Å². The van der Waals surface area contributed by atoms with Gasteiger partial charge in [-0.3, -0.25) is 39.4 Å². The fourth-order valence-corrected chi connectivity index (χ4v) is 13.1. The summed E-state index contributed by atoms with van der Waals surface area (Å²) in [6.07, 6.45) is 8.73. The Balaban J connectivity index is 0.723. The Hall–Kier alpha value is -5.09. The van der Waals surface area contributed by atoms with Gasteiger partial charge in [-0.15, -0.1) is 0 Å². The van der Waals surface area contributed by atoms with Crippen LogP contribution in [0.2, 0.25) is 10.0 Å². The normalized spacial score (nSPS) is 28.3. The number of rotatable bonds is 10. The number of hydrogen-bond acceptors (Lipinski definition) is 9. The molecule has 4 atom stereocenters. The molecular formula is C50H57Cl2FN8O6. The van der Waals surface area contributed by atoms with Crippen LogP contribution in [0.5, 0.6) is 0 Å². The fraction of sp³-hybridized carbons (Fsp3) is 0.520. The van der Waals surface area contributed by atoms with E-state index in [9.17, 15) is 28.8 Å². The summed E-state index contributed by atoms with van der Waals surface area (Å²) in [7, 11) is 0. The summed E-state index contributed by atoms with van der Waals surface area (Å²) >= 11 is 12.8. The number of carbonyl (C=O) groups is 6. The third-order valence-corrected chi connectivity index (χ3v) is 16.5. The first kappa shape index (κ1) is 45.7. The molecule has 354 valence electrons. The van der Waals surface area contributed by atoms with Gasteiger partial charge in [-0.2, -0.15) is 0 Å². The smallest absolute Gasteiger partial charge is 0.255 e. The van der Waals surface area contributed by atoms with Crippen molar-refractivity contribution in [3.63, 3.8) is 0 Å². The van der Waals surface area contributed by atoms with Crippen LogP contribution in [-0.4, -0.2) is 101 Å². The average Bonchev–Trinajstić information content (AvgIpc) is 3.92. The molecule has 14 nitrogen and oxygen atoms in total. The molecule has 3 aromatic rings. The maximum Gasteiger partial charge on any atom is 0.255 e. The number of nitrogens with one attached hydrogen (secondary N) is 6. The van der Waals surface area contributed by atoms with Crippen LogP contribution in [0.1, 0.15) is 116 Å². The molecule has 6 amide bonds. The largest absolute Gasteiger partial charge is 0.382 e. The van der Waals surface area contributed by atoms with Gasteiger partial charge in [-0.1, -0.05) is 66.7 Å². The predicted molar refractivity (Wildman–Crippen MR) is 251 cm³/mol. The van der Waals surface area contributed by atoms with Crippen molar-refractivity contribution in [2.45, 2.75) is 131 Å². The Bertz CT molecular complexity index is 2500. The molecule has 2 saturated carbocycles. The van der Waals surface area contributed by atoms with Gasteiger partial charge >= 0.3 is 0 Å². The van der Waals surface area contributed by atoms with Crippen molar-refractivity contribution in [2.75, 3.05) is 36.8 Å². The van der Waals surface area contributed by atoms with E-state index in [0.29, 0.717) is 79.9 Å². The van der Waals surface area contributed by atoms with E-state index in [2.05, 4.69) is 36.8 Å². The van der Waals surface area contributed by atoms with Gasteiger partial charge in [-0.05, 0) is 99.2 Å². The van der Waals surface area contributed by atoms with Gasteiger partial charge < -0.3 is 31.1 Å². The molecule has 10 rings (SSSR count). The van der Waals surface area contributed by atoms with Crippen molar-refractivity contribution < 1.29 is 33.2 Å². The van der Waals surface area contributed by atoms with Crippen molar-refractivity contribution in [1.29, 1.82) is 0 Å². The maximum absolute atomic E-state index is 16.3. The minimum absolute atomic E-state index is 0.0151. The Morgan fingerprint density at radius 1 is 0.836 bits per heavy atom. The number of nitrogens with zero attached hydrogens (tertiary/aromatic N) is 2. The summed E-state index contributed by atoms with van der Waals surface area (Å²) in [5.74, 6) is -3.21. The zero-order chi connectivity index (χ0) is 46.6. The van der Waals surface area contributed by atoms with Gasteiger partial charge in [0.15, 0.2) is 0 Å². The van der Waals surface area contributed by atoms with E-state index >= 15 is 4.39 Å². The van der Waals surface area contributed by atoms with Crippen molar-refractivity contribution in [1.82, 2.24) is 31.1 Å². The molecule has 2 aliphatic carbocycles. The van der Waals surface area contributed by atoms with Crippen LogP contribution in [0, 0.1) is 11.7 Å². The summed E-state index contributed by atoms with van der Waals surface area (Å²) in [6, 6.07) is 14.2. The highest BCUT2D eigenvalue weighted by Crippen LogP contribution is 2.63. The molecule has 5 heterocycles. The third kappa shape index (κ3) is 8.16. The number of anilines is 2. The number of fused-ring (bicyclic) bond motifs is 4. The summed E-state index contributed by atoms with van der Waals surface area (Å²) in [5.41, 5.74) is 1.72. The van der Waals surface area contributed by atoms with Crippen LogP contribution in [-0.2, 0) is 35.9 Å². The van der Waals surface area contributed by atoms with E-state index in [1.807, 2.05) is 18.2 Å². The van der Waals surface area contributed by atoms with E-state index in [0.717, 1.165) is 63.0 Å². The first-order valence-corrected chi connectivity index (χ1v) is 24.8. The molecule has 5 fully saturated rings. The van der Waals surface area contributed by atoms with Crippen molar-refractivity contribution in [2.24, 2.45) is 5.92 Å². The van der Waals surface area contributed by atoms with Gasteiger partial charge in [0.2, 0.25) is 29.5 Å². The van der Waals surface area contributed by atoms with E-state index in [1.165, 1.54) is 6.07 Å². The lowest BCUT2D eigenvalue weighted by molar-refractivity contribution is -0.137. The molecule has 0 bridgehead atoms. The number of halogens is 3. The highest BCUT2D eigenvalue weighted by Gasteiger charge is 2.72. The van der Waals surface area contributed by atoms with Gasteiger partial charge in [0.05, 0.1) is 11.1 Å². The first-order valence-electron chi connectivity index (χ1n) is 24.0. The highest BCUT2D eigenvalue weighted by molar-refractivity contribution is 6.31. The molecule has 6 N–H and O–H groups in total. The molecule has 3 saturated heterocycles. The molecular weight excluding hydrogens is 899 g/mol. The van der Waals surface area contributed by atoms with Gasteiger partial charge in [0.1, 0.15) is 17.3 Å². The predicted octanol–water partition coefficient (Wildman–Crippen LogP) is 5.91. The SMILES string of the molecule is O=C1CCC(N2Cc3c(NC4CCN(CCNC(=O)C5CCC(NC(=O)[C@@H]6NC7(CCCCC7)[C@@]7(C(=O)Nc8cc(Cl)ccc87)[C@H]6c6cccc(Cl)c6F)CC5)CC4)cccc3C2=O)C(=O)N1. The Labute approximate surface area is 399 Å². The number of benzene rings is 3. The van der Waals surface area contributed by atoms with Gasteiger partial charge in [-0.25, -0.2) is 4.39 Å². The second-order valence-corrected chi connectivity index (χ2v) is 20.5. The minimum atomic E-state index is -1.31. The molecule has 2 spiro atoms. The lowest BCUT2D eigenvalue weighted by atomic mass is 9.55. The number of likely N-dealkylation sites (tertiary alicyclic amines) is 1. The second kappa shape index (κ2) is 18.4. The number of imide groups is 1. The topological polar surface area (TPSA) is 181 Å². The molecule has 3 aromatic carbocycles. The van der Waals surface area contributed by atoms with Crippen molar-refractivity contribution in [3.05, 3.63) is 92.7 Å². The summed E-state index contributed by atoms with van der Waals surface area (Å²) in [6.45, 7) is 3.27. The number of amides is 6. The van der Waals surface area contributed by atoms with Crippen molar-refractivity contribution >= 4 is 70.0 Å². The van der Waals surface area contributed by atoms with Gasteiger partial charge in [0.25, 0.3) is 5.91 Å². The Morgan fingerprint density at radius 3 is 2.36 bits per heavy atom. The standard InChI is InChI=1S/C50H57Cl2FN8O6/c51-29-12-15-35-38(26-29)57-48(67)50(35)41(33-7-4-8-36(52)42(33)53)43(59-49(50)20-2-1-3-21-49)46(65)56-30-13-10-28(11-14-30)44(63)54-22-25-60-23-18-31(19-24-60)55-37-9-5-6-32-34(37)27-61(47(32)66)39-16-17-40(62)58-45(39)64/h4-9,12,15,26,28,30-31,39,41,43,55,59H,1-3,10-11,13-14,16-25,27H2,(H,54,63)(H,56,65)(H,57,67)(H,58,62,64)/t28?,30?,39?,41-,43+,50+/m0/s1. The molecule has 67 heavy (non-hydrogen) atoms. The average molecular weight is 956 g/mol. The first-order chi connectivity index (χ1) is 32.4. The van der Waals surface area contributed by atoms with E-state index in [1.54, 1.807) is 35.2 Å². The molecule has 17 heteroatoms. The molecule has 0 radical (unpaired) electrons. The second-order valence-electron chi connectivity index (χ2n) is 19.7. The fourth-order valence-electron chi connectivity index (χ4n) is 12.7. The molecule has 7 aliphatic rings. The summed E-state index contributed by atoms with van der Waals surface area (Å²) in [5, 5.41) is 19.6. The number of piperidine rings is 2. The zero-order valence-corrected chi connectivity index (χ0v) is 38.9. The quantitative estimate of drug-likeness (QED) is 0.135. The third-order valence-electron chi connectivity index (χ3n) is 16.0. The van der Waals surface area contributed by atoms with Gasteiger partial charge in [0, 0.05) is 96.1 Å². The van der Waals surface area contributed by atoms with E-state index in [4.69, 9.17) is 23.2 Å². The lowest BCUT2D eigenvalue weighted by Gasteiger charge is -2.47. The zero-order valence-electron chi connectivity index (χ0n) is 37.4. The Morgan fingerprint density at radius 2 is 1.60 bits per heavy atom. The van der Waals surface area contributed by atoms with Crippen LogP contribution in [0.15, 0.2) is 54.6 Å². The van der Waals surface area contributed by atoms with Crippen molar-refractivity contribution in [3.8, 4) is 0 Å². The van der Waals surface area contributed by atoms with Crippen LogP contribution in [0.4, 0.5) is 15.8 Å². The molecule has 5 aliphatic heterocycles. The molecule has 1 unspecified atom stereocenters. The van der Waals surface area contributed by atoms with Crippen LogP contribution in [0.3, 0.4) is 0 Å². The monoisotopic (exact) mass is 954 g/mol. The summed E-state index contributed by atoms with van der Waals surface area (Å²) < 4.78 is 16.3. The van der Waals surface area contributed by atoms with E-state index < -0.39 is 40.7 Å². The molecule has 0 aromatic heterocycles. The maximum atomic E-state index is 16.3. The summed E-state index contributed by atoms with van der Waals surface area (Å²) in [4.78, 5) is 84.3. The minimum Gasteiger partial charge on any atom is -0.382 e. The lowest BCUT2D eigenvalue weighted by Crippen LogP contribution is -2.60. The number of carbonyl (C=O) groups excluding carboxylic acids is 6. The number of hydrogen-bond donors (Lipinski definition) is 6. The Kier molecular flexibility index (Phi) is 12.6.